The molecule has 1 atom stereocenters. The summed E-state index contributed by atoms with van der Waals surface area (Å²) in [5.74, 6) is -1.46. The van der Waals surface area contributed by atoms with Gasteiger partial charge in [0.15, 0.2) is 5.78 Å². The Morgan fingerprint density at radius 3 is 1.79 bits per heavy atom. The highest BCUT2D eigenvalue weighted by Gasteiger charge is 2.39. The van der Waals surface area contributed by atoms with Crippen LogP contribution in [0.2, 0.25) is 0 Å². The van der Waals surface area contributed by atoms with Crippen molar-refractivity contribution in [3.8, 4) is 0 Å². The van der Waals surface area contributed by atoms with Crippen LogP contribution < -0.4 is 0 Å². The number of halogens is 6. The highest BCUT2D eigenvalue weighted by atomic mass is 19.4. The molecule has 0 radical (unpaired) electrons. The van der Waals surface area contributed by atoms with Crippen LogP contribution >= 0.6 is 0 Å². The van der Waals surface area contributed by atoms with Crippen LogP contribution in [-0.2, 0) is 12.4 Å². The SMILES string of the molecule is O=C(c1ccccc1C(F)(F)F)C(O)c1ccccc1C(F)(F)F. The quantitative estimate of drug-likeness (QED) is 0.648. The van der Waals surface area contributed by atoms with E-state index in [1.807, 2.05) is 0 Å². The smallest absolute Gasteiger partial charge is 0.380 e. The molecule has 2 rings (SSSR count). The first-order valence-electron chi connectivity index (χ1n) is 6.58. The van der Waals surface area contributed by atoms with Gasteiger partial charge in [0.25, 0.3) is 0 Å². The minimum atomic E-state index is -4.88. The molecule has 0 bridgehead atoms. The molecule has 128 valence electrons. The van der Waals surface area contributed by atoms with Gasteiger partial charge in [-0.15, -0.1) is 0 Å². The van der Waals surface area contributed by atoms with Gasteiger partial charge >= 0.3 is 12.4 Å². The second-order valence-electron chi connectivity index (χ2n) is 4.90. The third-order valence-corrected chi connectivity index (χ3v) is 3.31. The molecule has 2 aromatic carbocycles. The van der Waals surface area contributed by atoms with Gasteiger partial charge in [0.2, 0.25) is 0 Å². The fourth-order valence-electron chi connectivity index (χ4n) is 2.23. The Hall–Kier alpha value is -2.35. The lowest BCUT2D eigenvalue weighted by Crippen LogP contribution is -2.21. The summed E-state index contributed by atoms with van der Waals surface area (Å²) in [7, 11) is 0. The summed E-state index contributed by atoms with van der Waals surface area (Å²) in [5, 5.41) is 9.96. The zero-order valence-electron chi connectivity index (χ0n) is 11.8. The zero-order chi connectivity index (χ0) is 18.1. The highest BCUT2D eigenvalue weighted by molar-refractivity contribution is 6.01. The van der Waals surface area contributed by atoms with Crippen LogP contribution in [-0.4, -0.2) is 10.9 Å². The largest absolute Gasteiger partial charge is 0.417 e. The summed E-state index contributed by atoms with van der Waals surface area (Å²) in [6, 6.07) is 7.29. The molecule has 0 heterocycles. The summed E-state index contributed by atoms with van der Waals surface area (Å²) in [5.41, 5.74) is -4.30. The average Bonchev–Trinajstić information content (AvgIpc) is 2.52. The number of hydrogen-bond acceptors (Lipinski definition) is 2. The molecule has 0 saturated heterocycles. The summed E-state index contributed by atoms with van der Waals surface area (Å²) in [6.07, 6.45) is -12.1. The number of alkyl halides is 6. The Bertz CT molecular complexity index is 749. The van der Waals surface area contributed by atoms with Crippen molar-refractivity contribution in [2.24, 2.45) is 0 Å². The molecule has 0 fully saturated rings. The number of carbonyl (C=O) groups is 1. The number of rotatable bonds is 3. The first-order valence-corrected chi connectivity index (χ1v) is 6.58. The number of aliphatic hydroxyl groups excluding tert-OH is 1. The maximum atomic E-state index is 12.9. The molecule has 0 spiro atoms. The van der Waals surface area contributed by atoms with Gasteiger partial charge in [0.1, 0.15) is 6.10 Å². The van der Waals surface area contributed by atoms with E-state index in [0.29, 0.717) is 12.1 Å². The Balaban J connectivity index is 2.50. The van der Waals surface area contributed by atoms with E-state index in [1.54, 1.807) is 0 Å². The monoisotopic (exact) mass is 348 g/mol. The predicted molar refractivity (Wildman–Crippen MR) is 72.2 cm³/mol. The van der Waals surface area contributed by atoms with E-state index in [4.69, 9.17) is 0 Å². The van der Waals surface area contributed by atoms with Gasteiger partial charge in [-0.25, -0.2) is 0 Å². The van der Waals surface area contributed by atoms with Crippen LogP contribution in [0.4, 0.5) is 26.3 Å². The summed E-state index contributed by atoms with van der Waals surface area (Å²) >= 11 is 0. The molecule has 2 nitrogen and oxygen atoms in total. The Kier molecular flexibility index (Phi) is 4.70. The van der Waals surface area contributed by atoms with Crippen molar-refractivity contribution in [1.82, 2.24) is 0 Å². The Morgan fingerprint density at radius 2 is 1.25 bits per heavy atom. The van der Waals surface area contributed by atoms with Gasteiger partial charge in [-0.3, -0.25) is 4.79 Å². The molecule has 24 heavy (non-hydrogen) atoms. The Labute approximate surface area is 132 Å². The standard InChI is InChI=1S/C16H10F6O2/c17-15(18,19)11-7-3-1-5-9(11)13(23)14(24)10-6-2-4-8-12(10)16(20,21)22/h1-8,13,23H. The first-order chi connectivity index (χ1) is 11.0. The van der Waals surface area contributed by atoms with E-state index in [1.165, 1.54) is 0 Å². The normalized spacial score (nSPS) is 13.6. The van der Waals surface area contributed by atoms with Gasteiger partial charge in [-0.1, -0.05) is 36.4 Å². The fraction of sp³-hybridized carbons (Fsp3) is 0.188. The van der Waals surface area contributed by atoms with Crippen LogP contribution in [0, 0.1) is 0 Å². The number of ketones is 1. The lowest BCUT2D eigenvalue weighted by atomic mass is 9.93. The lowest BCUT2D eigenvalue weighted by Gasteiger charge is -2.18. The third-order valence-electron chi connectivity index (χ3n) is 3.31. The van der Waals surface area contributed by atoms with Crippen molar-refractivity contribution in [2.75, 3.05) is 0 Å². The zero-order valence-corrected chi connectivity index (χ0v) is 11.8. The van der Waals surface area contributed by atoms with E-state index in [2.05, 4.69) is 0 Å². The van der Waals surface area contributed by atoms with E-state index in [-0.39, 0.29) is 0 Å². The number of Topliss-reactive ketones (excluding diaryl/α,β-unsaturated/α-hetero) is 1. The molecule has 1 N–H and O–H groups in total. The molecular formula is C16H10F6O2. The van der Waals surface area contributed by atoms with Crippen molar-refractivity contribution in [2.45, 2.75) is 18.5 Å². The molecule has 0 aliphatic heterocycles. The molecule has 0 amide bonds. The van der Waals surface area contributed by atoms with E-state index in [9.17, 15) is 36.2 Å². The maximum Gasteiger partial charge on any atom is 0.417 e. The third kappa shape index (κ3) is 3.59. The van der Waals surface area contributed by atoms with Gasteiger partial charge in [-0.2, -0.15) is 26.3 Å². The first kappa shape index (κ1) is 18.0. The molecule has 0 saturated carbocycles. The number of aliphatic hydroxyl groups is 1. The molecule has 8 heteroatoms. The molecule has 0 aliphatic rings. The lowest BCUT2D eigenvalue weighted by molar-refractivity contribution is -0.139. The van der Waals surface area contributed by atoms with Crippen molar-refractivity contribution >= 4 is 5.78 Å². The molecule has 0 aromatic heterocycles. The number of benzene rings is 2. The topological polar surface area (TPSA) is 37.3 Å². The molecule has 1 unspecified atom stereocenters. The second-order valence-corrected chi connectivity index (χ2v) is 4.90. The summed E-state index contributed by atoms with van der Waals surface area (Å²) in [4.78, 5) is 12.2. The van der Waals surface area contributed by atoms with Crippen molar-refractivity contribution in [3.63, 3.8) is 0 Å². The minimum absolute atomic E-state index is 0.621. The highest BCUT2D eigenvalue weighted by Crippen LogP contribution is 2.37. The van der Waals surface area contributed by atoms with E-state index >= 15 is 0 Å². The van der Waals surface area contributed by atoms with Gasteiger partial charge < -0.3 is 5.11 Å². The van der Waals surface area contributed by atoms with Crippen LogP contribution in [0.1, 0.15) is 33.2 Å². The predicted octanol–water partition coefficient (Wildman–Crippen LogP) is 4.64. The van der Waals surface area contributed by atoms with Crippen LogP contribution in [0.5, 0.6) is 0 Å². The van der Waals surface area contributed by atoms with Gasteiger partial charge in [0, 0.05) is 11.1 Å². The summed E-state index contributed by atoms with van der Waals surface area (Å²) < 4.78 is 77.6. The van der Waals surface area contributed by atoms with E-state index in [0.717, 1.165) is 36.4 Å². The van der Waals surface area contributed by atoms with Crippen LogP contribution in [0.25, 0.3) is 0 Å². The second kappa shape index (κ2) is 6.27. The van der Waals surface area contributed by atoms with E-state index < -0.39 is 46.5 Å². The van der Waals surface area contributed by atoms with Crippen molar-refractivity contribution < 1.29 is 36.2 Å². The molecular weight excluding hydrogens is 338 g/mol. The molecule has 2 aromatic rings. The van der Waals surface area contributed by atoms with Crippen LogP contribution in [0.3, 0.4) is 0 Å². The van der Waals surface area contributed by atoms with Crippen molar-refractivity contribution in [1.29, 1.82) is 0 Å². The van der Waals surface area contributed by atoms with Gasteiger partial charge in [-0.05, 0) is 12.1 Å². The van der Waals surface area contributed by atoms with Crippen molar-refractivity contribution in [3.05, 3.63) is 70.8 Å². The van der Waals surface area contributed by atoms with Gasteiger partial charge in [0.05, 0.1) is 11.1 Å². The fourth-order valence-corrected chi connectivity index (χ4v) is 2.23. The number of carbonyl (C=O) groups excluding carboxylic acids is 1. The number of hydrogen-bond donors (Lipinski definition) is 1. The Morgan fingerprint density at radius 1 is 0.792 bits per heavy atom. The van der Waals surface area contributed by atoms with Crippen LogP contribution in [0.15, 0.2) is 48.5 Å². The maximum absolute atomic E-state index is 12.9. The summed E-state index contributed by atoms with van der Waals surface area (Å²) in [6.45, 7) is 0. The minimum Gasteiger partial charge on any atom is -0.380 e. The molecule has 0 aliphatic carbocycles. The average molecular weight is 348 g/mol.